The molecule has 0 aliphatic heterocycles. The number of ether oxygens (including phenoxy) is 1. The summed E-state index contributed by atoms with van der Waals surface area (Å²) in [5.41, 5.74) is 0.519. The summed E-state index contributed by atoms with van der Waals surface area (Å²) in [5, 5.41) is 1.11. The van der Waals surface area contributed by atoms with Gasteiger partial charge in [-0.1, -0.05) is 41.7 Å². The number of hydrogen-bond donors (Lipinski definition) is 0. The predicted octanol–water partition coefficient (Wildman–Crippen LogP) is 6.16. The van der Waals surface area contributed by atoms with Gasteiger partial charge in [0.15, 0.2) is 5.75 Å². The van der Waals surface area contributed by atoms with E-state index >= 15 is 0 Å². The fraction of sp³-hybridized carbons (Fsp3) is 0.294. The van der Waals surface area contributed by atoms with E-state index in [-0.39, 0.29) is 24.9 Å². The minimum Gasteiger partial charge on any atom is -0.489 e. The molecule has 0 aliphatic carbocycles. The normalized spacial score (nSPS) is 10.2. The molecule has 2 rings (SSSR count). The van der Waals surface area contributed by atoms with Gasteiger partial charge in [-0.15, -0.1) is 12.4 Å². The van der Waals surface area contributed by atoms with E-state index in [4.69, 9.17) is 39.5 Å². The van der Waals surface area contributed by atoms with Gasteiger partial charge in [0.25, 0.3) is 5.91 Å². The number of carbonyl (C=O) groups excluding carboxylic acids is 1. The molecule has 4 nitrogen and oxygen atoms in total. The summed E-state index contributed by atoms with van der Waals surface area (Å²) in [5.74, 6) is 0.258. The molecule has 26 heavy (non-hydrogen) atoms. The van der Waals surface area contributed by atoms with Gasteiger partial charge in [0, 0.05) is 28.4 Å². The quantitative estimate of drug-likeness (QED) is 0.455. The maximum atomic E-state index is 12.6. The van der Waals surface area contributed by atoms with Gasteiger partial charge in [-0.2, -0.15) is 0 Å². The van der Waals surface area contributed by atoms with Gasteiger partial charge in [-0.3, -0.25) is 9.78 Å². The molecule has 0 atom stereocenters. The summed E-state index contributed by atoms with van der Waals surface area (Å²) in [6.07, 6.45) is 4.01. The average Bonchev–Trinajstić information content (AvgIpc) is 2.55. The van der Waals surface area contributed by atoms with Crippen molar-refractivity contribution in [1.29, 1.82) is 0 Å². The van der Waals surface area contributed by atoms with Crippen molar-refractivity contribution in [3.05, 3.63) is 55.7 Å². The number of pyridine rings is 1. The van der Waals surface area contributed by atoms with Crippen molar-refractivity contribution >= 4 is 69.0 Å². The molecule has 1 amide bonds. The maximum absolute atomic E-state index is 12.6. The second-order valence-electron chi connectivity index (χ2n) is 5.23. The second-order valence-corrected chi connectivity index (χ2v) is 7.40. The van der Waals surface area contributed by atoms with Crippen LogP contribution in [0, 0.1) is 0 Å². The number of amides is 1. The van der Waals surface area contributed by atoms with Crippen LogP contribution in [0.15, 0.2) is 35.1 Å². The highest BCUT2D eigenvalue weighted by Crippen LogP contribution is 2.35. The summed E-state index contributed by atoms with van der Waals surface area (Å²) in [6, 6.07) is 4.87. The zero-order valence-corrected chi connectivity index (χ0v) is 18.5. The Morgan fingerprint density at radius 1 is 1.15 bits per heavy atom. The van der Waals surface area contributed by atoms with Crippen LogP contribution in [0.2, 0.25) is 15.1 Å². The van der Waals surface area contributed by atoms with Crippen molar-refractivity contribution < 1.29 is 9.53 Å². The minimum atomic E-state index is -0.104. The lowest BCUT2D eigenvalue weighted by Gasteiger charge is -2.22. The van der Waals surface area contributed by atoms with E-state index in [1.54, 1.807) is 35.5 Å². The maximum Gasteiger partial charge on any atom is 0.255 e. The summed E-state index contributed by atoms with van der Waals surface area (Å²) < 4.78 is 6.42. The van der Waals surface area contributed by atoms with Crippen molar-refractivity contribution in [2.45, 2.75) is 13.3 Å². The van der Waals surface area contributed by atoms with Crippen LogP contribution in [0.3, 0.4) is 0 Å². The summed E-state index contributed by atoms with van der Waals surface area (Å²) in [7, 11) is 0. The Bertz CT molecular complexity index is 738. The van der Waals surface area contributed by atoms with Gasteiger partial charge >= 0.3 is 0 Å². The Morgan fingerprint density at radius 2 is 1.81 bits per heavy atom. The molecule has 1 aromatic carbocycles. The third kappa shape index (κ3) is 6.46. The SMILES string of the molecule is CCCN(CCOc1c(Cl)cc(Cl)cc1Cl)C(=O)c1cncc(Br)c1.Cl. The molecule has 0 saturated carbocycles. The van der Waals surface area contributed by atoms with Gasteiger partial charge in [-0.05, 0) is 40.5 Å². The molecule has 1 heterocycles. The zero-order chi connectivity index (χ0) is 18.4. The highest BCUT2D eigenvalue weighted by atomic mass is 79.9. The summed E-state index contributed by atoms with van der Waals surface area (Å²) in [4.78, 5) is 18.4. The van der Waals surface area contributed by atoms with E-state index < -0.39 is 0 Å². The second kappa shape index (κ2) is 11.2. The number of halogens is 5. The van der Waals surface area contributed by atoms with Crippen molar-refractivity contribution in [3.63, 3.8) is 0 Å². The van der Waals surface area contributed by atoms with Crippen LogP contribution in [0.5, 0.6) is 5.75 Å². The molecule has 0 N–H and O–H groups in total. The largest absolute Gasteiger partial charge is 0.489 e. The lowest BCUT2D eigenvalue weighted by atomic mass is 10.2. The highest BCUT2D eigenvalue weighted by molar-refractivity contribution is 9.10. The number of carbonyl (C=O) groups is 1. The van der Waals surface area contributed by atoms with Crippen molar-refractivity contribution in [1.82, 2.24) is 9.88 Å². The molecule has 0 saturated heterocycles. The van der Waals surface area contributed by atoms with Gasteiger partial charge in [0.1, 0.15) is 6.61 Å². The van der Waals surface area contributed by atoms with Crippen LogP contribution in [0.4, 0.5) is 0 Å². The molecule has 142 valence electrons. The number of benzene rings is 1. The van der Waals surface area contributed by atoms with Crippen molar-refractivity contribution in [2.75, 3.05) is 19.7 Å². The molecular weight excluding hydrogens is 486 g/mol. The van der Waals surface area contributed by atoms with E-state index in [0.29, 0.717) is 39.5 Å². The molecule has 0 unspecified atom stereocenters. The lowest BCUT2D eigenvalue weighted by molar-refractivity contribution is 0.0729. The van der Waals surface area contributed by atoms with E-state index in [0.717, 1.165) is 10.9 Å². The van der Waals surface area contributed by atoms with Crippen LogP contribution >= 0.6 is 63.1 Å². The van der Waals surface area contributed by atoms with Crippen molar-refractivity contribution in [3.8, 4) is 5.75 Å². The third-order valence-electron chi connectivity index (χ3n) is 3.30. The Balaban J connectivity index is 0.00000338. The van der Waals surface area contributed by atoms with Gasteiger partial charge in [0.05, 0.1) is 22.2 Å². The van der Waals surface area contributed by atoms with Gasteiger partial charge in [-0.25, -0.2) is 0 Å². The van der Waals surface area contributed by atoms with Crippen molar-refractivity contribution in [2.24, 2.45) is 0 Å². The molecular formula is C17H17BrCl4N2O2. The van der Waals surface area contributed by atoms with Crippen LogP contribution in [0.25, 0.3) is 0 Å². The topological polar surface area (TPSA) is 42.4 Å². The number of nitrogens with zero attached hydrogens (tertiary/aromatic N) is 2. The number of rotatable bonds is 7. The number of hydrogen-bond acceptors (Lipinski definition) is 3. The first kappa shape index (κ1) is 23.3. The van der Waals surface area contributed by atoms with E-state index in [1.165, 1.54) is 0 Å². The Labute approximate surface area is 182 Å². The summed E-state index contributed by atoms with van der Waals surface area (Å²) in [6.45, 7) is 3.27. The molecule has 0 spiro atoms. The van der Waals surface area contributed by atoms with E-state index in [2.05, 4.69) is 20.9 Å². The summed E-state index contributed by atoms with van der Waals surface area (Å²) >= 11 is 21.4. The van der Waals surface area contributed by atoms with Crippen LogP contribution < -0.4 is 4.74 Å². The van der Waals surface area contributed by atoms with E-state index in [1.807, 2.05) is 6.92 Å². The Hall–Kier alpha value is -0.720. The minimum absolute atomic E-state index is 0. The van der Waals surface area contributed by atoms with Gasteiger partial charge < -0.3 is 9.64 Å². The van der Waals surface area contributed by atoms with Crippen LogP contribution in [-0.4, -0.2) is 35.5 Å². The first-order chi connectivity index (χ1) is 11.9. The molecule has 2 aromatic rings. The smallest absolute Gasteiger partial charge is 0.255 e. The monoisotopic (exact) mass is 500 g/mol. The number of aromatic nitrogens is 1. The fourth-order valence-corrected chi connectivity index (χ4v) is 3.51. The van der Waals surface area contributed by atoms with Crippen LogP contribution in [-0.2, 0) is 0 Å². The molecule has 9 heteroatoms. The molecule has 0 radical (unpaired) electrons. The van der Waals surface area contributed by atoms with Crippen LogP contribution in [0.1, 0.15) is 23.7 Å². The molecule has 1 aromatic heterocycles. The lowest BCUT2D eigenvalue weighted by Crippen LogP contribution is -2.35. The average molecular weight is 503 g/mol. The predicted molar refractivity (Wildman–Crippen MR) is 112 cm³/mol. The fourth-order valence-electron chi connectivity index (χ4n) is 2.22. The van der Waals surface area contributed by atoms with E-state index in [9.17, 15) is 4.79 Å². The standard InChI is InChI=1S/C17H16BrCl3N2O2.ClH/c1-2-3-23(17(24)11-6-12(18)10-22-9-11)4-5-25-16-14(20)7-13(19)8-15(16)21;/h6-10H,2-5H2,1H3;1H. The highest BCUT2D eigenvalue weighted by Gasteiger charge is 2.17. The first-order valence-corrected chi connectivity index (χ1v) is 9.52. The Morgan fingerprint density at radius 3 is 2.38 bits per heavy atom. The first-order valence-electron chi connectivity index (χ1n) is 7.59. The molecule has 0 aliphatic rings. The molecule has 0 fully saturated rings. The molecule has 0 bridgehead atoms. The van der Waals surface area contributed by atoms with Gasteiger partial charge in [0.2, 0.25) is 0 Å². The zero-order valence-electron chi connectivity index (χ0n) is 13.8. The Kier molecular flexibility index (Phi) is 10.0. The third-order valence-corrected chi connectivity index (χ3v) is 4.52.